The van der Waals surface area contributed by atoms with Crippen LogP contribution in [0.15, 0.2) is 42.5 Å². The topological polar surface area (TPSA) is 52.6 Å². The van der Waals surface area contributed by atoms with E-state index in [1.807, 2.05) is 32.0 Å². The van der Waals surface area contributed by atoms with Gasteiger partial charge in [0.15, 0.2) is 0 Å². The van der Waals surface area contributed by atoms with Gasteiger partial charge in [0.25, 0.3) is 0 Å². The van der Waals surface area contributed by atoms with Crippen molar-refractivity contribution in [2.75, 3.05) is 6.61 Å². The standard InChI is InChI=1S/C30H38O4/c1-11-33-26(31)20(4)17-30(21-13-12-18(2)19(3)14-21)24-16-22(28(5,6)7)15-23(29(8,9)10)25(24)34-27(30)32/h12-16H,4,11,17H2,1-3,5-10H3. The Morgan fingerprint density at radius 2 is 1.65 bits per heavy atom. The maximum Gasteiger partial charge on any atom is 0.333 e. The summed E-state index contributed by atoms with van der Waals surface area (Å²) in [5, 5.41) is 0. The van der Waals surface area contributed by atoms with E-state index in [1.54, 1.807) is 6.92 Å². The summed E-state index contributed by atoms with van der Waals surface area (Å²) >= 11 is 0. The smallest absolute Gasteiger partial charge is 0.333 e. The van der Waals surface area contributed by atoms with Crippen molar-refractivity contribution in [2.45, 2.75) is 85.0 Å². The van der Waals surface area contributed by atoms with Gasteiger partial charge in [0, 0.05) is 23.1 Å². The third kappa shape index (κ3) is 4.43. The summed E-state index contributed by atoms with van der Waals surface area (Å²) in [6.45, 7) is 22.9. The average Bonchev–Trinajstić information content (AvgIpc) is 3.00. The van der Waals surface area contributed by atoms with Crippen LogP contribution in [0.3, 0.4) is 0 Å². The molecule has 0 fully saturated rings. The number of hydrogen-bond donors (Lipinski definition) is 0. The SMILES string of the molecule is C=C(CC1(c2ccc(C)c(C)c2)C(=O)Oc2c(C(C)(C)C)cc(C(C)(C)C)cc21)C(=O)OCC. The molecule has 0 aliphatic carbocycles. The first kappa shape index (κ1) is 25.7. The summed E-state index contributed by atoms with van der Waals surface area (Å²) in [5.41, 5.74) is 4.58. The number of hydrogen-bond acceptors (Lipinski definition) is 4. The highest BCUT2D eigenvalue weighted by Gasteiger charge is 2.53. The Labute approximate surface area is 204 Å². The molecule has 1 aliphatic rings. The minimum atomic E-state index is -1.18. The summed E-state index contributed by atoms with van der Waals surface area (Å²) in [4.78, 5) is 26.5. The van der Waals surface area contributed by atoms with Crippen LogP contribution in [-0.2, 0) is 30.6 Å². The molecule has 2 aromatic rings. The predicted octanol–water partition coefficient (Wildman–Crippen LogP) is 6.61. The number of fused-ring (bicyclic) bond motifs is 1. The molecule has 182 valence electrons. The normalized spacial score (nSPS) is 17.9. The predicted molar refractivity (Wildman–Crippen MR) is 137 cm³/mol. The van der Waals surface area contributed by atoms with Crippen molar-refractivity contribution in [3.63, 3.8) is 0 Å². The second-order valence-electron chi connectivity index (χ2n) is 11.5. The molecular formula is C30H38O4. The molecule has 0 N–H and O–H groups in total. The van der Waals surface area contributed by atoms with E-state index in [0.29, 0.717) is 5.75 Å². The number of aryl methyl sites for hydroxylation is 2. The third-order valence-corrected chi connectivity index (χ3v) is 6.81. The van der Waals surface area contributed by atoms with Gasteiger partial charge in [-0.1, -0.05) is 78.5 Å². The van der Waals surface area contributed by atoms with Crippen LogP contribution in [-0.4, -0.2) is 18.5 Å². The zero-order chi connectivity index (χ0) is 25.6. The van der Waals surface area contributed by atoms with Crippen LogP contribution in [0.25, 0.3) is 0 Å². The number of rotatable bonds is 5. The minimum absolute atomic E-state index is 0.0946. The van der Waals surface area contributed by atoms with Crippen LogP contribution in [0, 0.1) is 13.8 Å². The Hall–Kier alpha value is -2.88. The minimum Gasteiger partial charge on any atom is -0.463 e. The van der Waals surface area contributed by atoms with Gasteiger partial charge in [0.1, 0.15) is 11.2 Å². The Morgan fingerprint density at radius 3 is 2.18 bits per heavy atom. The van der Waals surface area contributed by atoms with E-state index in [-0.39, 0.29) is 35.4 Å². The molecule has 0 spiro atoms. The first-order valence-corrected chi connectivity index (χ1v) is 12.0. The lowest BCUT2D eigenvalue weighted by Gasteiger charge is -2.31. The highest BCUT2D eigenvalue weighted by atomic mass is 16.5. The van der Waals surface area contributed by atoms with Crippen LogP contribution in [0.1, 0.15) is 88.3 Å². The number of carbonyl (C=O) groups excluding carboxylic acids is 2. The molecule has 1 aliphatic heterocycles. The third-order valence-electron chi connectivity index (χ3n) is 6.81. The van der Waals surface area contributed by atoms with Crippen molar-refractivity contribution < 1.29 is 19.1 Å². The fourth-order valence-corrected chi connectivity index (χ4v) is 4.51. The van der Waals surface area contributed by atoms with E-state index in [0.717, 1.165) is 33.4 Å². The Balaban J connectivity index is 2.40. The van der Waals surface area contributed by atoms with Gasteiger partial charge in [-0.25, -0.2) is 4.79 Å². The summed E-state index contributed by atoms with van der Waals surface area (Å²) in [6, 6.07) is 10.3. The first-order valence-electron chi connectivity index (χ1n) is 12.0. The van der Waals surface area contributed by atoms with Crippen LogP contribution in [0.2, 0.25) is 0 Å². The van der Waals surface area contributed by atoms with Crippen LogP contribution < -0.4 is 4.74 Å². The maximum absolute atomic E-state index is 13.9. The molecule has 1 atom stereocenters. The van der Waals surface area contributed by atoms with Crippen molar-refractivity contribution in [3.8, 4) is 5.75 Å². The van der Waals surface area contributed by atoms with Gasteiger partial charge in [-0.15, -0.1) is 0 Å². The largest absolute Gasteiger partial charge is 0.463 e. The molecule has 4 nitrogen and oxygen atoms in total. The summed E-state index contributed by atoms with van der Waals surface area (Å²) in [6.07, 6.45) is 0.0946. The number of ether oxygens (including phenoxy) is 2. The zero-order valence-electron chi connectivity index (χ0n) is 22.1. The van der Waals surface area contributed by atoms with Crippen molar-refractivity contribution in [1.29, 1.82) is 0 Å². The molecule has 1 heterocycles. The Morgan fingerprint density at radius 1 is 1.00 bits per heavy atom. The Kier molecular flexibility index (Phi) is 6.60. The molecule has 4 heteroatoms. The quantitative estimate of drug-likeness (QED) is 0.285. The van der Waals surface area contributed by atoms with Crippen molar-refractivity contribution in [3.05, 3.63) is 75.9 Å². The highest BCUT2D eigenvalue weighted by Crippen LogP contribution is 2.53. The van der Waals surface area contributed by atoms with Crippen molar-refractivity contribution in [1.82, 2.24) is 0 Å². The van der Waals surface area contributed by atoms with Gasteiger partial charge >= 0.3 is 11.9 Å². The van der Waals surface area contributed by atoms with E-state index in [2.05, 4.69) is 60.3 Å². The number of carbonyl (C=O) groups is 2. The monoisotopic (exact) mass is 462 g/mol. The van der Waals surface area contributed by atoms with Gasteiger partial charge in [-0.2, -0.15) is 0 Å². The molecular weight excluding hydrogens is 424 g/mol. The molecule has 1 unspecified atom stereocenters. The lowest BCUT2D eigenvalue weighted by Crippen LogP contribution is -2.37. The van der Waals surface area contributed by atoms with Crippen LogP contribution in [0.5, 0.6) is 5.75 Å². The molecule has 3 rings (SSSR count). The summed E-state index contributed by atoms with van der Waals surface area (Å²) in [5.74, 6) is -0.275. The highest BCUT2D eigenvalue weighted by molar-refractivity contribution is 5.98. The van der Waals surface area contributed by atoms with Gasteiger partial charge in [0.2, 0.25) is 0 Å². The molecule has 34 heavy (non-hydrogen) atoms. The lowest BCUT2D eigenvalue weighted by molar-refractivity contribution is -0.139. The van der Waals surface area contributed by atoms with E-state index in [9.17, 15) is 9.59 Å². The van der Waals surface area contributed by atoms with Gasteiger partial charge < -0.3 is 9.47 Å². The molecule has 0 aromatic heterocycles. The van der Waals surface area contributed by atoms with E-state index < -0.39 is 11.4 Å². The Bertz CT molecular complexity index is 1160. The van der Waals surface area contributed by atoms with Crippen LogP contribution in [0.4, 0.5) is 0 Å². The summed E-state index contributed by atoms with van der Waals surface area (Å²) < 4.78 is 11.3. The van der Waals surface area contributed by atoms with E-state index >= 15 is 0 Å². The zero-order valence-corrected chi connectivity index (χ0v) is 22.1. The number of esters is 2. The molecule has 0 amide bonds. The fourth-order valence-electron chi connectivity index (χ4n) is 4.51. The van der Waals surface area contributed by atoms with Crippen molar-refractivity contribution >= 4 is 11.9 Å². The average molecular weight is 463 g/mol. The van der Waals surface area contributed by atoms with Gasteiger partial charge in [-0.05, 0) is 53.9 Å². The fraction of sp³-hybridized carbons (Fsp3) is 0.467. The van der Waals surface area contributed by atoms with Crippen LogP contribution >= 0.6 is 0 Å². The van der Waals surface area contributed by atoms with Crippen molar-refractivity contribution in [2.24, 2.45) is 0 Å². The maximum atomic E-state index is 13.9. The second kappa shape index (κ2) is 8.72. The molecule has 2 aromatic carbocycles. The van der Waals surface area contributed by atoms with E-state index in [4.69, 9.17) is 9.47 Å². The molecule has 0 saturated heterocycles. The molecule has 0 bridgehead atoms. The van der Waals surface area contributed by atoms with E-state index in [1.165, 1.54) is 0 Å². The first-order chi connectivity index (χ1) is 15.6. The summed E-state index contributed by atoms with van der Waals surface area (Å²) in [7, 11) is 0. The van der Waals surface area contributed by atoms with Gasteiger partial charge in [0.05, 0.1) is 6.61 Å². The molecule has 0 saturated carbocycles. The molecule has 0 radical (unpaired) electrons. The second-order valence-corrected chi connectivity index (χ2v) is 11.5. The lowest BCUT2D eigenvalue weighted by atomic mass is 9.68. The van der Waals surface area contributed by atoms with Gasteiger partial charge in [-0.3, -0.25) is 4.79 Å². The number of benzene rings is 2.